The number of amides is 1. The largest absolute Gasteiger partial charge is 0.329 e. The van der Waals surface area contributed by atoms with Crippen molar-refractivity contribution in [2.75, 3.05) is 10.6 Å². The van der Waals surface area contributed by atoms with Crippen LogP contribution in [0.1, 0.15) is 18.5 Å². The van der Waals surface area contributed by atoms with Crippen molar-refractivity contribution in [3.05, 3.63) is 100 Å². The van der Waals surface area contributed by atoms with Gasteiger partial charge in [0, 0.05) is 16.4 Å². The Morgan fingerprint density at radius 2 is 1.87 bits per heavy atom. The molecule has 0 saturated heterocycles. The Kier molecular flexibility index (Phi) is 4.71. The third kappa shape index (κ3) is 3.45. The van der Waals surface area contributed by atoms with Gasteiger partial charge in [0.05, 0.1) is 22.6 Å². The minimum Gasteiger partial charge on any atom is -0.329 e. The topological polar surface area (TPSA) is 59.0 Å². The number of hydrogen-bond donors (Lipinski definition) is 2. The molecule has 5 nitrogen and oxygen atoms in total. The SMILES string of the molecule is CC1=C(C(=O)Nc2ccc(F)cc2)[C@H](c2cccc(Cl)c2)n2c(nc3ccccc32)N1. The smallest absolute Gasteiger partial charge is 0.255 e. The van der Waals surface area contributed by atoms with E-state index in [0.717, 1.165) is 16.6 Å². The highest BCUT2D eigenvalue weighted by Gasteiger charge is 2.34. The summed E-state index contributed by atoms with van der Waals surface area (Å²) in [6.45, 7) is 1.85. The van der Waals surface area contributed by atoms with E-state index in [0.29, 0.717) is 27.9 Å². The maximum atomic E-state index is 13.4. The van der Waals surface area contributed by atoms with Gasteiger partial charge in [0.25, 0.3) is 5.91 Å². The van der Waals surface area contributed by atoms with Crippen molar-refractivity contribution in [2.24, 2.45) is 0 Å². The molecule has 3 aromatic carbocycles. The number of nitrogens with zero attached hydrogens (tertiary/aromatic N) is 2. The summed E-state index contributed by atoms with van der Waals surface area (Å²) in [7, 11) is 0. The molecule has 0 fully saturated rings. The van der Waals surface area contributed by atoms with E-state index in [1.165, 1.54) is 24.3 Å². The van der Waals surface area contributed by atoms with Crippen molar-refractivity contribution >= 4 is 40.2 Å². The number of nitrogens with one attached hydrogen (secondary N) is 2. The molecule has 5 rings (SSSR count). The number of imidazole rings is 1. The highest BCUT2D eigenvalue weighted by atomic mass is 35.5. The molecule has 1 atom stereocenters. The van der Waals surface area contributed by atoms with Crippen molar-refractivity contribution in [1.29, 1.82) is 0 Å². The molecule has 7 heteroatoms. The lowest BCUT2D eigenvalue weighted by molar-refractivity contribution is -0.113. The number of para-hydroxylation sites is 2. The van der Waals surface area contributed by atoms with E-state index >= 15 is 0 Å². The first-order valence-corrected chi connectivity index (χ1v) is 10.2. The van der Waals surface area contributed by atoms with Gasteiger partial charge in [-0.25, -0.2) is 9.37 Å². The number of halogens is 2. The average molecular weight is 433 g/mol. The fourth-order valence-corrected chi connectivity index (χ4v) is 4.18. The van der Waals surface area contributed by atoms with Crippen molar-refractivity contribution in [2.45, 2.75) is 13.0 Å². The molecule has 0 bridgehead atoms. The zero-order valence-corrected chi connectivity index (χ0v) is 17.3. The number of hydrogen-bond acceptors (Lipinski definition) is 3. The van der Waals surface area contributed by atoms with Gasteiger partial charge in [0.15, 0.2) is 0 Å². The quantitative estimate of drug-likeness (QED) is 0.433. The van der Waals surface area contributed by atoms with Gasteiger partial charge in [-0.05, 0) is 61.0 Å². The molecule has 0 unspecified atom stereocenters. The normalized spacial score (nSPS) is 15.5. The van der Waals surface area contributed by atoms with Gasteiger partial charge in [-0.2, -0.15) is 0 Å². The fraction of sp³-hybridized carbons (Fsp3) is 0.0833. The summed E-state index contributed by atoms with van der Waals surface area (Å²) in [5, 5.41) is 6.73. The molecule has 1 aromatic heterocycles. The van der Waals surface area contributed by atoms with E-state index < -0.39 is 6.04 Å². The Morgan fingerprint density at radius 3 is 2.65 bits per heavy atom. The van der Waals surface area contributed by atoms with Crippen LogP contribution >= 0.6 is 11.6 Å². The van der Waals surface area contributed by atoms with E-state index in [4.69, 9.17) is 16.6 Å². The third-order valence-electron chi connectivity index (χ3n) is 5.34. The van der Waals surface area contributed by atoms with Crippen molar-refractivity contribution in [3.8, 4) is 0 Å². The van der Waals surface area contributed by atoms with E-state index in [-0.39, 0.29) is 11.7 Å². The van der Waals surface area contributed by atoms with Gasteiger partial charge >= 0.3 is 0 Å². The number of benzene rings is 3. The molecule has 1 aliphatic heterocycles. The summed E-state index contributed by atoms with van der Waals surface area (Å²) in [6.07, 6.45) is 0. The summed E-state index contributed by atoms with van der Waals surface area (Å²) in [5.74, 6) is 0.00563. The molecule has 1 amide bonds. The van der Waals surface area contributed by atoms with E-state index in [9.17, 15) is 9.18 Å². The first kappa shape index (κ1) is 19.3. The van der Waals surface area contributed by atoms with Gasteiger partial charge in [-0.3, -0.25) is 9.36 Å². The number of fused-ring (bicyclic) bond motifs is 3. The van der Waals surface area contributed by atoms with Gasteiger partial charge < -0.3 is 10.6 Å². The van der Waals surface area contributed by atoms with E-state index in [1.54, 1.807) is 6.07 Å². The lowest BCUT2D eigenvalue weighted by Crippen LogP contribution is -2.30. The molecule has 0 spiro atoms. The van der Waals surface area contributed by atoms with Crippen LogP contribution in [-0.2, 0) is 4.79 Å². The molecule has 0 saturated carbocycles. The van der Waals surface area contributed by atoms with Crippen molar-refractivity contribution < 1.29 is 9.18 Å². The lowest BCUT2D eigenvalue weighted by atomic mass is 9.94. The molecule has 2 heterocycles. The second-order valence-corrected chi connectivity index (χ2v) is 7.81. The average Bonchev–Trinajstić information content (AvgIpc) is 3.12. The first-order valence-electron chi connectivity index (χ1n) is 9.78. The predicted molar refractivity (Wildman–Crippen MR) is 121 cm³/mol. The summed E-state index contributed by atoms with van der Waals surface area (Å²) in [5.41, 5.74) is 4.31. The Hall–Kier alpha value is -3.64. The number of aromatic nitrogens is 2. The van der Waals surface area contributed by atoms with Crippen LogP contribution in [0.4, 0.5) is 16.0 Å². The first-order chi connectivity index (χ1) is 15.0. The third-order valence-corrected chi connectivity index (χ3v) is 5.58. The van der Waals surface area contributed by atoms with Crippen LogP contribution in [-0.4, -0.2) is 15.5 Å². The highest BCUT2D eigenvalue weighted by molar-refractivity contribution is 6.30. The number of allylic oxidation sites excluding steroid dienone is 1. The Labute approximate surface area is 183 Å². The number of rotatable bonds is 3. The van der Waals surface area contributed by atoms with Crippen LogP contribution in [0, 0.1) is 5.82 Å². The van der Waals surface area contributed by atoms with Gasteiger partial charge in [-0.1, -0.05) is 35.9 Å². The zero-order valence-electron chi connectivity index (χ0n) is 16.6. The van der Waals surface area contributed by atoms with E-state index in [1.807, 2.05) is 54.0 Å². The minimum absolute atomic E-state index is 0.287. The van der Waals surface area contributed by atoms with Crippen LogP contribution in [0.2, 0.25) is 5.02 Å². The molecule has 0 radical (unpaired) electrons. The van der Waals surface area contributed by atoms with Gasteiger partial charge in [-0.15, -0.1) is 0 Å². The van der Waals surface area contributed by atoms with Crippen LogP contribution < -0.4 is 10.6 Å². The van der Waals surface area contributed by atoms with Crippen molar-refractivity contribution in [3.63, 3.8) is 0 Å². The minimum atomic E-state index is -0.442. The number of carbonyl (C=O) groups excluding carboxylic acids is 1. The highest BCUT2D eigenvalue weighted by Crippen LogP contribution is 2.40. The number of carbonyl (C=O) groups is 1. The Morgan fingerprint density at radius 1 is 1.10 bits per heavy atom. The molecular weight excluding hydrogens is 415 g/mol. The van der Waals surface area contributed by atoms with Crippen LogP contribution in [0.25, 0.3) is 11.0 Å². The zero-order chi connectivity index (χ0) is 21.5. The predicted octanol–water partition coefficient (Wildman–Crippen LogP) is 5.76. The summed E-state index contributed by atoms with van der Waals surface area (Å²) >= 11 is 6.30. The van der Waals surface area contributed by atoms with Gasteiger partial charge in [0.2, 0.25) is 5.95 Å². The van der Waals surface area contributed by atoms with Crippen molar-refractivity contribution in [1.82, 2.24) is 9.55 Å². The maximum absolute atomic E-state index is 13.4. The maximum Gasteiger partial charge on any atom is 0.255 e. The molecule has 0 aliphatic carbocycles. The molecular formula is C24H18ClFN4O. The summed E-state index contributed by atoms with van der Waals surface area (Å²) < 4.78 is 15.3. The molecule has 1 aliphatic rings. The standard InChI is InChI=1S/C24H18ClFN4O/c1-14-21(23(31)28-18-11-9-17(26)10-12-18)22(15-5-4-6-16(25)13-15)30-20-8-3-2-7-19(20)29-24(30)27-14/h2-13,22H,1H3,(H,27,29)(H,28,31)/t22-/m0/s1. The van der Waals surface area contributed by atoms with Crippen LogP contribution in [0.5, 0.6) is 0 Å². The second kappa shape index (κ2) is 7.56. The summed E-state index contributed by atoms with van der Waals surface area (Å²) in [6, 6.07) is 20.5. The number of anilines is 2. The molecule has 2 N–H and O–H groups in total. The van der Waals surface area contributed by atoms with Gasteiger partial charge in [0.1, 0.15) is 5.82 Å². The monoisotopic (exact) mass is 432 g/mol. The Bertz CT molecular complexity index is 1340. The van der Waals surface area contributed by atoms with Crippen LogP contribution in [0.3, 0.4) is 0 Å². The molecule has 154 valence electrons. The second-order valence-electron chi connectivity index (χ2n) is 7.38. The molecule has 31 heavy (non-hydrogen) atoms. The summed E-state index contributed by atoms with van der Waals surface area (Å²) in [4.78, 5) is 18.1. The Balaban J connectivity index is 1.66. The lowest BCUT2D eigenvalue weighted by Gasteiger charge is -2.30. The fourth-order valence-electron chi connectivity index (χ4n) is 3.98. The van der Waals surface area contributed by atoms with Crippen LogP contribution in [0.15, 0.2) is 84.1 Å². The molecule has 4 aromatic rings. The van der Waals surface area contributed by atoms with E-state index in [2.05, 4.69) is 10.6 Å².